The number of aromatic nitrogens is 2. The molecule has 100 valence electrons. The maximum absolute atomic E-state index is 9.26. The summed E-state index contributed by atoms with van der Waals surface area (Å²) in [5, 5.41) is 16.9. The zero-order chi connectivity index (χ0) is 13.1. The third-order valence-electron chi connectivity index (χ3n) is 3.23. The molecule has 5 heteroatoms. The van der Waals surface area contributed by atoms with Crippen LogP contribution in [0.3, 0.4) is 0 Å². The highest BCUT2D eigenvalue weighted by Gasteiger charge is 2.15. The highest BCUT2D eigenvalue weighted by atomic mass is 16.5. The van der Waals surface area contributed by atoms with Gasteiger partial charge in [0.15, 0.2) is 5.75 Å². The summed E-state index contributed by atoms with van der Waals surface area (Å²) in [6.45, 7) is 1.97. The van der Waals surface area contributed by atoms with Crippen LogP contribution in [0.5, 0.6) is 11.5 Å². The Bertz CT molecular complexity index is 530. The molecule has 1 saturated heterocycles. The van der Waals surface area contributed by atoms with E-state index in [1.807, 2.05) is 18.3 Å². The van der Waals surface area contributed by atoms with Crippen molar-refractivity contribution in [1.82, 2.24) is 15.1 Å². The average molecular weight is 259 g/mol. The molecule has 1 aliphatic heterocycles. The fourth-order valence-electron chi connectivity index (χ4n) is 2.23. The van der Waals surface area contributed by atoms with Crippen LogP contribution in [0.25, 0.3) is 5.69 Å². The summed E-state index contributed by atoms with van der Waals surface area (Å²) in [4.78, 5) is 0. The van der Waals surface area contributed by atoms with E-state index in [-0.39, 0.29) is 11.9 Å². The molecule has 1 unspecified atom stereocenters. The van der Waals surface area contributed by atoms with E-state index >= 15 is 0 Å². The number of hydrogen-bond donors (Lipinski definition) is 2. The van der Waals surface area contributed by atoms with Crippen LogP contribution < -0.4 is 10.1 Å². The van der Waals surface area contributed by atoms with Crippen molar-refractivity contribution in [2.75, 3.05) is 13.1 Å². The highest BCUT2D eigenvalue weighted by Crippen LogP contribution is 2.18. The highest BCUT2D eigenvalue weighted by molar-refractivity contribution is 5.37. The lowest BCUT2D eigenvalue weighted by Gasteiger charge is -2.22. The lowest BCUT2D eigenvalue weighted by molar-refractivity contribution is 0.167. The molecule has 2 aromatic rings. The maximum atomic E-state index is 9.26. The molecule has 5 nitrogen and oxygen atoms in total. The van der Waals surface area contributed by atoms with Gasteiger partial charge in [-0.1, -0.05) is 0 Å². The van der Waals surface area contributed by atoms with Crippen LogP contribution in [0, 0.1) is 0 Å². The van der Waals surface area contributed by atoms with Crippen LogP contribution >= 0.6 is 0 Å². The first-order chi connectivity index (χ1) is 9.31. The molecule has 0 aliphatic carbocycles. The van der Waals surface area contributed by atoms with Gasteiger partial charge >= 0.3 is 0 Å². The second kappa shape index (κ2) is 5.32. The van der Waals surface area contributed by atoms with E-state index in [1.165, 1.54) is 0 Å². The number of aromatic hydroxyl groups is 1. The van der Waals surface area contributed by atoms with Crippen LogP contribution in [-0.2, 0) is 0 Å². The molecule has 0 saturated carbocycles. The van der Waals surface area contributed by atoms with Crippen molar-refractivity contribution in [2.45, 2.75) is 18.9 Å². The number of hydrogen-bond acceptors (Lipinski definition) is 4. The lowest BCUT2D eigenvalue weighted by atomic mass is 10.1. The minimum atomic E-state index is 0.228. The van der Waals surface area contributed by atoms with Crippen LogP contribution in [0.15, 0.2) is 36.7 Å². The monoisotopic (exact) mass is 259 g/mol. The van der Waals surface area contributed by atoms with Gasteiger partial charge < -0.3 is 15.2 Å². The molecule has 0 bridgehead atoms. The number of nitrogens with one attached hydrogen (secondary N) is 1. The van der Waals surface area contributed by atoms with E-state index < -0.39 is 0 Å². The summed E-state index contributed by atoms with van der Waals surface area (Å²) >= 11 is 0. The Morgan fingerprint density at radius 1 is 1.32 bits per heavy atom. The Kier molecular flexibility index (Phi) is 3.37. The summed E-state index contributed by atoms with van der Waals surface area (Å²) in [6.07, 6.45) is 6.04. The van der Waals surface area contributed by atoms with Gasteiger partial charge in [-0.25, -0.2) is 4.68 Å². The number of phenols is 1. The Labute approximate surface area is 111 Å². The minimum absolute atomic E-state index is 0.228. The minimum Gasteiger partial charge on any atom is -0.508 e. The Morgan fingerprint density at radius 2 is 2.16 bits per heavy atom. The van der Waals surface area contributed by atoms with Crippen LogP contribution in [0.4, 0.5) is 0 Å². The largest absolute Gasteiger partial charge is 0.508 e. The van der Waals surface area contributed by atoms with Crippen molar-refractivity contribution in [1.29, 1.82) is 0 Å². The van der Waals surface area contributed by atoms with Gasteiger partial charge in [0.1, 0.15) is 11.9 Å². The summed E-state index contributed by atoms with van der Waals surface area (Å²) in [5.74, 6) is 1.03. The number of nitrogens with zero attached hydrogens (tertiary/aromatic N) is 2. The molecular weight excluding hydrogens is 242 g/mol. The Balaban J connectivity index is 1.70. The van der Waals surface area contributed by atoms with Crippen LogP contribution in [-0.4, -0.2) is 34.1 Å². The van der Waals surface area contributed by atoms with Gasteiger partial charge in [-0.3, -0.25) is 0 Å². The molecule has 1 aromatic heterocycles. The smallest absolute Gasteiger partial charge is 0.158 e. The van der Waals surface area contributed by atoms with Gasteiger partial charge in [-0.2, -0.15) is 5.10 Å². The van der Waals surface area contributed by atoms with Crippen molar-refractivity contribution >= 4 is 0 Å². The van der Waals surface area contributed by atoms with E-state index in [0.29, 0.717) is 0 Å². The summed E-state index contributed by atoms with van der Waals surface area (Å²) < 4.78 is 7.63. The maximum Gasteiger partial charge on any atom is 0.158 e. The van der Waals surface area contributed by atoms with Crippen molar-refractivity contribution in [3.8, 4) is 17.2 Å². The van der Waals surface area contributed by atoms with Gasteiger partial charge in [-0.15, -0.1) is 0 Å². The van der Waals surface area contributed by atoms with E-state index in [2.05, 4.69) is 10.4 Å². The molecule has 2 heterocycles. The third kappa shape index (κ3) is 2.88. The molecule has 0 amide bonds. The Hall–Kier alpha value is -2.01. The number of ether oxygens (including phenoxy) is 1. The first kappa shape index (κ1) is 12.0. The van der Waals surface area contributed by atoms with Gasteiger partial charge in [0.05, 0.1) is 18.1 Å². The number of piperidine rings is 1. The average Bonchev–Trinajstić information content (AvgIpc) is 2.89. The first-order valence-electron chi connectivity index (χ1n) is 6.53. The molecule has 0 radical (unpaired) electrons. The zero-order valence-corrected chi connectivity index (χ0v) is 10.6. The first-order valence-corrected chi connectivity index (χ1v) is 6.53. The lowest BCUT2D eigenvalue weighted by Crippen LogP contribution is -2.37. The van der Waals surface area contributed by atoms with Crippen molar-refractivity contribution in [2.24, 2.45) is 0 Å². The second-order valence-corrected chi connectivity index (χ2v) is 4.72. The molecular formula is C14H17N3O2. The normalized spacial score (nSPS) is 19.3. The van der Waals surface area contributed by atoms with E-state index in [9.17, 15) is 5.11 Å². The summed E-state index contributed by atoms with van der Waals surface area (Å²) in [7, 11) is 0. The summed E-state index contributed by atoms with van der Waals surface area (Å²) in [6, 6.07) is 6.91. The SMILES string of the molecule is Oc1ccc(-n2cc(OC3CCCNC3)cn2)cc1. The number of benzene rings is 1. The van der Waals surface area contributed by atoms with Crippen molar-refractivity contribution in [3.05, 3.63) is 36.7 Å². The Morgan fingerprint density at radius 3 is 2.89 bits per heavy atom. The molecule has 0 spiro atoms. The number of phenolic OH excluding ortho intramolecular Hbond substituents is 1. The predicted octanol–water partition coefficient (Wildman–Crippen LogP) is 1.71. The molecule has 1 aliphatic rings. The van der Waals surface area contributed by atoms with Crippen molar-refractivity contribution < 1.29 is 9.84 Å². The molecule has 3 rings (SSSR count). The van der Waals surface area contributed by atoms with Gasteiger partial charge in [0.2, 0.25) is 0 Å². The van der Waals surface area contributed by atoms with Crippen LogP contribution in [0.2, 0.25) is 0 Å². The van der Waals surface area contributed by atoms with E-state index in [0.717, 1.165) is 37.4 Å². The molecule has 1 atom stereocenters. The van der Waals surface area contributed by atoms with Gasteiger partial charge in [0, 0.05) is 6.54 Å². The van der Waals surface area contributed by atoms with Crippen LogP contribution in [0.1, 0.15) is 12.8 Å². The van der Waals surface area contributed by atoms with Crippen molar-refractivity contribution in [3.63, 3.8) is 0 Å². The topological polar surface area (TPSA) is 59.3 Å². The zero-order valence-electron chi connectivity index (χ0n) is 10.6. The molecule has 2 N–H and O–H groups in total. The second-order valence-electron chi connectivity index (χ2n) is 4.72. The quantitative estimate of drug-likeness (QED) is 0.881. The molecule has 1 aromatic carbocycles. The summed E-state index contributed by atoms with van der Waals surface area (Å²) in [5.41, 5.74) is 0.898. The van der Waals surface area contributed by atoms with E-state index in [4.69, 9.17) is 4.74 Å². The molecule has 19 heavy (non-hydrogen) atoms. The predicted molar refractivity (Wildman–Crippen MR) is 71.7 cm³/mol. The molecule has 1 fully saturated rings. The van der Waals surface area contributed by atoms with Gasteiger partial charge in [0.25, 0.3) is 0 Å². The van der Waals surface area contributed by atoms with E-state index in [1.54, 1.807) is 23.0 Å². The fourth-order valence-corrected chi connectivity index (χ4v) is 2.23. The number of rotatable bonds is 3. The standard InChI is InChI=1S/C14H17N3O2/c18-12-5-3-11(4-6-12)17-10-14(9-16-17)19-13-2-1-7-15-8-13/h3-6,9-10,13,15,18H,1-2,7-8H2. The fraction of sp³-hybridized carbons (Fsp3) is 0.357. The van der Waals surface area contributed by atoms with Gasteiger partial charge in [-0.05, 0) is 43.7 Å². The third-order valence-corrected chi connectivity index (χ3v) is 3.23.